The molecule has 6 nitrogen and oxygen atoms in total. The first-order valence-corrected chi connectivity index (χ1v) is 10.5. The van der Waals surface area contributed by atoms with Crippen LogP contribution in [0.1, 0.15) is 9.67 Å². The molecule has 0 saturated carbocycles. The Balaban J connectivity index is 1.46. The smallest absolute Gasteiger partial charge is 0.265 e. The second kappa shape index (κ2) is 8.42. The highest BCUT2D eigenvalue weighted by molar-refractivity contribution is 7.26. The third-order valence-electron chi connectivity index (χ3n) is 4.08. The second-order valence-electron chi connectivity index (χ2n) is 6.09. The van der Waals surface area contributed by atoms with E-state index in [1.165, 1.54) is 11.3 Å². The molecule has 29 heavy (non-hydrogen) atoms. The number of thiazole rings is 1. The minimum Gasteiger partial charge on any atom is -0.484 e. The average Bonchev–Trinajstić information content (AvgIpc) is 3.39. The Labute approximate surface area is 175 Å². The first-order valence-electron chi connectivity index (χ1n) is 8.83. The van der Waals surface area contributed by atoms with Gasteiger partial charge in [-0.3, -0.25) is 9.59 Å². The fourth-order valence-corrected chi connectivity index (χ4v) is 4.55. The van der Waals surface area contributed by atoms with Crippen molar-refractivity contribution in [3.8, 4) is 15.6 Å². The number of rotatable bonds is 6. The molecule has 0 aliphatic carbocycles. The fraction of sp³-hybridized carbons (Fsp3) is 0.0952. The molecule has 2 heterocycles. The topological polar surface area (TPSA) is 80.3 Å². The quantitative estimate of drug-likeness (QED) is 0.482. The normalized spacial score (nSPS) is 10.7. The van der Waals surface area contributed by atoms with Crippen molar-refractivity contribution in [3.63, 3.8) is 0 Å². The van der Waals surface area contributed by atoms with Gasteiger partial charge in [0, 0.05) is 18.8 Å². The Kier molecular flexibility index (Phi) is 5.55. The molecule has 0 saturated heterocycles. The van der Waals surface area contributed by atoms with Gasteiger partial charge in [0.15, 0.2) is 6.61 Å². The number of anilines is 1. The summed E-state index contributed by atoms with van der Waals surface area (Å²) in [5.74, 6) is 0.0824. The molecule has 0 bridgehead atoms. The summed E-state index contributed by atoms with van der Waals surface area (Å²) in [5, 5.41) is 6.26. The van der Waals surface area contributed by atoms with Crippen molar-refractivity contribution in [1.82, 2.24) is 10.3 Å². The maximum atomic E-state index is 12.6. The molecule has 146 valence electrons. The van der Waals surface area contributed by atoms with Crippen molar-refractivity contribution in [2.24, 2.45) is 0 Å². The van der Waals surface area contributed by atoms with E-state index in [9.17, 15) is 9.59 Å². The molecule has 2 amide bonds. The molecule has 0 atom stereocenters. The van der Waals surface area contributed by atoms with Gasteiger partial charge in [-0.1, -0.05) is 18.2 Å². The van der Waals surface area contributed by atoms with Gasteiger partial charge in [-0.2, -0.15) is 0 Å². The van der Waals surface area contributed by atoms with E-state index in [1.54, 1.807) is 48.7 Å². The monoisotopic (exact) mass is 423 g/mol. The van der Waals surface area contributed by atoms with E-state index in [2.05, 4.69) is 15.6 Å². The number of likely N-dealkylation sites (N-methyl/N-ethyl adjacent to an activating group) is 1. The Morgan fingerprint density at radius 2 is 1.90 bits per heavy atom. The first-order chi connectivity index (χ1) is 14.1. The molecule has 0 spiro atoms. The van der Waals surface area contributed by atoms with Crippen molar-refractivity contribution in [2.45, 2.75) is 0 Å². The number of aromatic nitrogens is 1. The molecule has 0 fully saturated rings. The van der Waals surface area contributed by atoms with Crippen LogP contribution in [0.4, 0.5) is 5.69 Å². The maximum Gasteiger partial charge on any atom is 0.265 e. The number of amides is 2. The number of fused-ring (bicyclic) bond motifs is 1. The molecule has 2 aromatic carbocycles. The fourth-order valence-electron chi connectivity index (χ4n) is 2.63. The minimum absolute atomic E-state index is 0.0790. The van der Waals surface area contributed by atoms with Gasteiger partial charge in [-0.15, -0.1) is 22.7 Å². The zero-order valence-electron chi connectivity index (χ0n) is 15.5. The summed E-state index contributed by atoms with van der Waals surface area (Å²) in [7, 11) is 1.55. The van der Waals surface area contributed by atoms with E-state index in [4.69, 9.17) is 4.74 Å². The second-order valence-corrected chi connectivity index (χ2v) is 8.21. The number of para-hydroxylation sites is 1. The van der Waals surface area contributed by atoms with Crippen LogP contribution >= 0.6 is 22.7 Å². The molecule has 4 rings (SSSR count). The van der Waals surface area contributed by atoms with E-state index >= 15 is 0 Å². The lowest BCUT2D eigenvalue weighted by Crippen LogP contribution is -2.24. The van der Waals surface area contributed by atoms with E-state index in [0.717, 1.165) is 20.1 Å². The molecule has 0 radical (unpaired) electrons. The molecule has 2 N–H and O–H groups in total. The maximum absolute atomic E-state index is 12.6. The number of benzene rings is 2. The third-order valence-corrected chi connectivity index (χ3v) is 6.36. The number of thiophene rings is 1. The minimum atomic E-state index is -0.222. The summed E-state index contributed by atoms with van der Waals surface area (Å²) in [4.78, 5) is 30.1. The van der Waals surface area contributed by atoms with Gasteiger partial charge in [0.25, 0.3) is 11.8 Å². The lowest BCUT2D eigenvalue weighted by Gasteiger charge is -2.08. The van der Waals surface area contributed by atoms with Crippen LogP contribution < -0.4 is 15.4 Å². The van der Waals surface area contributed by atoms with Crippen LogP contribution in [0.25, 0.3) is 20.1 Å². The molecule has 8 heteroatoms. The van der Waals surface area contributed by atoms with Crippen molar-refractivity contribution in [1.29, 1.82) is 0 Å². The highest BCUT2D eigenvalue weighted by atomic mass is 32.1. The first kappa shape index (κ1) is 19.1. The summed E-state index contributed by atoms with van der Waals surface area (Å²) < 4.78 is 6.53. The largest absolute Gasteiger partial charge is 0.484 e. The molecular formula is C21H17N3O3S2. The number of nitrogens with one attached hydrogen (secondary N) is 2. The lowest BCUT2D eigenvalue weighted by atomic mass is 10.3. The number of hydrogen-bond acceptors (Lipinski definition) is 6. The SMILES string of the molecule is CNC(=O)COc1cccc(NC(=O)c2ccc(-c3nc4ccccc4s3)s2)c1. The molecule has 2 aromatic heterocycles. The van der Waals surface area contributed by atoms with Gasteiger partial charge in [0.2, 0.25) is 0 Å². The number of carbonyl (C=O) groups is 2. The Hall–Kier alpha value is -3.23. The molecular weight excluding hydrogens is 406 g/mol. The van der Waals surface area contributed by atoms with E-state index in [0.29, 0.717) is 16.3 Å². The van der Waals surface area contributed by atoms with Gasteiger partial charge in [0.05, 0.1) is 20.0 Å². The summed E-state index contributed by atoms with van der Waals surface area (Å²) in [5.41, 5.74) is 1.56. The highest BCUT2D eigenvalue weighted by Gasteiger charge is 2.14. The van der Waals surface area contributed by atoms with Gasteiger partial charge >= 0.3 is 0 Å². The summed E-state index contributed by atoms with van der Waals surface area (Å²) in [6.07, 6.45) is 0. The lowest BCUT2D eigenvalue weighted by molar-refractivity contribution is -0.122. The van der Waals surface area contributed by atoms with Crippen LogP contribution in [-0.2, 0) is 4.79 Å². The zero-order chi connectivity index (χ0) is 20.2. The summed E-state index contributed by atoms with van der Waals surface area (Å²) >= 11 is 3.01. The summed E-state index contributed by atoms with van der Waals surface area (Å²) in [6.45, 7) is -0.0790. The van der Waals surface area contributed by atoms with Crippen molar-refractivity contribution >= 4 is 50.4 Å². The van der Waals surface area contributed by atoms with Crippen LogP contribution in [0.3, 0.4) is 0 Å². The van der Waals surface area contributed by atoms with Gasteiger partial charge in [-0.25, -0.2) is 4.98 Å². The predicted octanol–water partition coefficient (Wildman–Crippen LogP) is 4.40. The van der Waals surface area contributed by atoms with Crippen LogP contribution in [0.15, 0.2) is 60.7 Å². The number of hydrogen-bond donors (Lipinski definition) is 2. The van der Waals surface area contributed by atoms with Gasteiger partial charge < -0.3 is 15.4 Å². The van der Waals surface area contributed by atoms with Crippen LogP contribution in [0, 0.1) is 0 Å². The number of carbonyl (C=O) groups excluding carboxylic acids is 2. The molecule has 0 aliphatic rings. The predicted molar refractivity (Wildman–Crippen MR) is 117 cm³/mol. The molecule has 0 unspecified atom stereocenters. The number of ether oxygens (including phenoxy) is 1. The van der Waals surface area contributed by atoms with Gasteiger partial charge in [-0.05, 0) is 36.4 Å². The van der Waals surface area contributed by atoms with Crippen molar-refractivity contribution < 1.29 is 14.3 Å². The van der Waals surface area contributed by atoms with E-state index in [1.807, 2.05) is 30.3 Å². The molecule has 0 aliphatic heterocycles. The Morgan fingerprint density at radius 3 is 2.72 bits per heavy atom. The van der Waals surface area contributed by atoms with Crippen LogP contribution in [-0.4, -0.2) is 30.5 Å². The zero-order valence-corrected chi connectivity index (χ0v) is 17.1. The number of nitrogens with zero attached hydrogens (tertiary/aromatic N) is 1. The Morgan fingerprint density at radius 1 is 1.03 bits per heavy atom. The van der Waals surface area contributed by atoms with Crippen molar-refractivity contribution in [3.05, 3.63) is 65.5 Å². The summed E-state index contributed by atoms with van der Waals surface area (Å²) in [6, 6.07) is 18.6. The van der Waals surface area contributed by atoms with Gasteiger partial charge in [0.1, 0.15) is 10.8 Å². The van der Waals surface area contributed by atoms with Crippen molar-refractivity contribution in [2.75, 3.05) is 19.0 Å². The van der Waals surface area contributed by atoms with Crippen LogP contribution in [0.2, 0.25) is 0 Å². The van der Waals surface area contributed by atoms with Crippen LogP contribution in [0.5, 0.6) is 5.75 Å². The van der Waals surface area contributed by atoms with E-state index < -0.39 is 0 Å². The Bertz CT molecular complexity index is 1150. The average molecular weight is 424 g/mol. The standard InChI is InChI=1S/C21H17N3O3S2/c1-22-19(25)12-27-14-6-4-5-13(11-14)23-20(26)17-9-10-18(28-17)21-24-15-7-2-3-8-16(15)29-21/h2-11H,12H2,1H3,(H,22,25)(H,23,26). The molecule has 4 aromatic rings. The third kappa shape index (κ3) is 4.44. The van der Waals surface area contributed by atoms with E-state index in [-0.39, 0.29) is 18.4 Å². The highest BCUT2D eigenvalue weighted by Crippen LogP contribution is 2.34.